The monoisotopic (exact) mass is 275 g/mol. The van der Waals surface area contributed by atoms with Gasteiger partial charge < -0.3 is 10.1 Å². The molecule has 2 rings (SSSR count). The molecule has 0 radical (unpaired) electrons. The molecule has 112 valence electrons. The van der Waals surface area contributed by atoms with Gasteiger partial charge in [0.15, 0.2) is 0 Å². The molecule has 1 aromatic rings. The van der Waals surface area contributed by atoms with Gasteiger partial charge >= 0.3 is 0 Å². The fourth-order valence-corrected chi connectivity index (χ4v) is 3.06. The summed E-state index contributed by atoms with van der Waals surface area (Å²) in [6.45, 7) is 10.8. The lowest BCUT2D eigenvalue weighted by molar-refractivity contribution is 0.0146. The molecule has 1 aliphatic rings. The highest BCUT2D eigenvalue weighted by molar-refractivity contribution is 5.27. The molecule has 0 atom stereocenters. The minimum atomic E-state index is 0.374. The zero-order valence-corrected chi connectivity index (χ0v) is 13.2. The van der Waals surface area contributed by atoms with Gasteiger partial charge in [-0.05, 0) is 55.2 Å². The Morgan fingerprint density at radius 1 is 1.20 bits per heavy atom. The second kappa shape index (κ2) is 7.24. The van der Waals surface area contributed by atoms with Crippen LogP contribution in [-0.4, -0.2) is 26.3 Å². The van der Waals surface area contributed by atoms with Crippen molar-refractivity contribution >= 4 is 0 Å². The Hall–Kier alpha value is -0.860. The van der Waals surface area contributed by atoms with Gasteiger partial charge in [0.05, 0.1) is 0 Å². The molecule has 0 aliphatic carbocycles. The van der Waals surface area contributed by atoms with Gasteiger partial charge in [0, 0.05) is 19.8 Å². The van der Waals surface area contributed by atoms with Crippen LogP contribution >= 0.6 is 0 Å². The van der Waals surface area contributed by atoms with Crippen LogP contribution in [0.15, 0.2) is 24.3 Å². The smallest absolute Gasteiger partial charge is 0.0471 e. The van der Waals surface area contributed by atoms with Gasteiger partial charge in [-0.3, -0.25) is 0 Å². The number of rotatable bonds is 6. The Morgan fingerprint density at radius 2 is 1.90 bits per heavy atom. The lowest BCUT2D eigenvalue weighted by atomic mass is 9.74. The molecule has 1 saturated heterocycles. The van der Waals surface area contributed by atoms with E-state index in [1.54, 1.807) is 0 Å². The van der Waals surface area contributed by atoms with E-state index < -0.39 is 0 Å². The molecule has 0 aromatic heterocycles. The summed E-state index contributed by atoms with van der Waals surface area (Å²) in [5.41, 5.74) is 3.29. The van der Waals surface area contributed by atoms with Gasteiger partial charge in [0.2, 0.25) is 0 Å². The van der Waals surface area contributed by atoms with Crippen LogP contribution in [0.5, 0.6) is 0 Å². The van der Waals surface area contributed by atoms with E-state index in [9.17, 15) is 0 Å². The van der Waals surface area contributed by atoms with Crippen molar-refractivity contribution in [3.05, 3.63) is 35.4 Å². The highest BCUT2D eigenvalue weighted by atomic mass is 16.5. The number of nitrogens with one attached hydrogen (secondary N) is 1. The molecule has 2 nitrogen and oxygen atoms in total. The minimum Gasteiger partial charge on any atom is -0.381 e. The minimum absolute atomic E-state index is 0.374. The molecular weight excluding hydrogens is 246 g/mol. The average Bonchev–Trinajstić information content (AvgIpc) is 2.42. The molecule has 0 amide bonds. The standard InChI is InChI=1S/C18H29NO/c1-15(2)13-19-14-18(8-10-20-11-9-18)12-17-7-5-4-6-16(17)3/h4-7,15,19H,8-14H2,1-3H3. The van der Waals surface area contributed by atoms with E-state index >= 15 is 0 Å². The first-order chi connectivity index (χ1) is 9.61. The fourth-order valence-electron chi connectivity index (χ4n) is 3.06. The van der Waals surface area contributed by atoms with Crippen molar-refractivity contribution in [2.75, 3.05) is 26.3 Å². The van der Waals surface area contributed by atoms with E-state index in [0.29, 0.717) is 11.3 Å². The lowest BCUT2D eigenvalue weighted by Gasteiger charge is -2.38. The summed E-state index contributed by atoms with van der Waals surface area (Å²) in [4.78, 5) is 0. The van der Waals surface area contributed by atoms with E-state index in [1.807, 2.05) is 0 Å². The largest absolute Gasteiger partial charge is 0.381 e. The van der Waals surface area contributed by atoms with Gasteiger partial charge in [0.25, 0.3) is 0 Å². The van der Waals surface area contributed by atoms with Crippen LogP contribution in [0.25, 0.3) is 0 Å². The van der Waals surface area contributed by atoms with Crippen LogP contribution in [0.3, 0.4) is 0 Å². The Labute approximate surface area is 123 Å². The second-order valence-corrected chi connectivity index (χ2v) is 6.74. The van der Waals surface area contributed by atoms with E-state index in [0.717, 1.165) is 26.3 Å². The number of hydrogen-bond donors (Lipinski definition) is 1. The molecule has 0 bridgehead atoms. The van der Waals surface area contributed by atoms with E-state index in [1.165, 1.54) is 30.4 Å². The predicted molar refractivity (Wildman–Crippen MR) is 85.1 cm³/mol. The van der Waals surface area contributed by atoms with Crippen molar-refractivity contribution in [1.82, 2.24) is 5.32 Å². The van der Waals surface area contributed by atoms with Gasteiger partial charge in [-0.1, -0.05) is 38.1 Å². The Morgan fingerprint density at radius 3 is 2.55 bits per heavy atom. The molecule has 1 aliphatic heterocycles. The highest BCUT2D eigenvalue weighted by Gasteiger charge is 2.32. The van der Waals surface area contributed by atoms with Crippen molar-refractivity contribution in [1.29, 1.82) is 0 Å². The SMILES string of the molecule is Cc1ccccc1CC1(CNCC(C)C)CCOCC1. The number of hydrogen-bond acceptors (Lipinski definition) is 2. The van der Waals surface area contributed by atoms with Crippen molar-refractivity contribution in [2.24, 2.45) is 11.3 Å². The van der Waals surface area contributed by atoms with Crippen molar-refractivity contribution in [3.8, 4) is 0 Å². The zero-order valence-electron chi connectivity index (χ0n) is 13.2. The summed E-state index contributed by atoms with van der Waals surface area (Å²) < 4.78 is 5.59. The Kier molecular flexibility index (Phi) is 5.62. The van der Waals surface area contributed by atoms with Crippen LogP contribution in [0.4, 0.5) is 0 Å². The first-order valence-electron chi connectivity index (χ1n) is 7.94. The summed E-state index contributed by atoms with van der Waals surface area (Å²) in [7, 11) is 0. The van der Waals surface area contributed by atoms with Gasteiger partial charge in [0.1, 0.15) is 0 Å². The molecule has 20 heavy (non-hydrogen) atoms. The normalized spacial score (nSPS) is 18.4. The third-order valence-electron chi connectivity index (χ3n) is 4.43. The van der Waals surface area contributed by atoms with Crippen molar-refractivity contribution < 1.29 is 4.74 Å². The summed E-state index contributed by atoms with van der Waals surface area (Å²) in [6, 6.07) is 8.81. The summed E-state index contributed by atoms with van der Waals surface area (Å²) >= 11 is 0. The van der Waals surface area contributed by atoms with Crippen LogP contribution in [0.2, 0.25) is 0 Å². The quantitative estimate of drug-likeness (QED) is 0.857. The molecule has 1 heterocycles. The van der Waals surface area contributed by atoms with Crippen LogP contribution in [0, 0.1) is 18.3 Å². The van der Waals surface area contributed by atoms with Gasteiger partial charge in [-0.15, -0.1) is 0 Å². The summed E-state index contributed by atoms with van der Waals surface area (Å²) in [6.07, 6.45) is 3.52. The van der Waals surface area contributed by atoms with E-state index in [2.05, 4.69) is 50.4 Å². The molecule has 1 aromatic carbocycles. The Balaban J connectivity index is 2.04. The molecular formula is C18H29NO. The fraction of sp³-hybridized carbons (Fsp3) is 0.667. The number of ether oxygens (including phenoxy) is 1. The van der Waals surface area contributed by atoms with E-state index in [-0.39, 0.29) is 0 Å². The third-order valence-corrected chi connectivity index (χ3v) is 4.43. The number of aryl methyl sites for hydroxylation is 1. The maximum absolute atomic E-state index is 5.59. The highest BCUT2D eigenvalue weighted by Crippen LogP contribution is 2.34. The maximum Gasteiger partial charge on any atom is 0.0471 e. The molecule has 0 spiro atoms. The molecule has 1 fully saturated rings. The first-order valence-corrected chi connectivity index (χ1v) is 7.94. The van der Waals surface area contributed by atoms with Crippen molar-refractivity contribution in [2.45, 2.75) is 40.0 Å². The van der Waals surface area contributed by atoms with Crippen LogP contribution in [0.1, 0.15) is 37.8 Å². The van der Waals surface area contributed by atoms with E-state index in [4.69, 9.17) is 4.74 Å². The molecule has 0 saturated carbocycles. The van der Waals surface area contributed by atoms with Gasteiger partial charge in [-0.25, -0.2) is 0 Å². The average molecular weight is 275 g/mol. The molecule has 1 N–H and O–H groups in total. The zero-order chi connectivity index (χ0) is 14.4. The Bertz CT molecular complexity index is 408. The van der Waals surface area contributed by atoms with Crippen LogP contribution < -0.4 is 5.32 Å². The number of benzene rings is 1. The van der Waals surface area contributed by atoms with Gasteiger partial charge in [-0.2, -0.15) is 0 Å². The summed E-state index contributed by atoms with van der Waals surface area (Å²) in [5.74, 6) is 0.713. The molecule has 2 heteroatoms. The molecule has 0 unspecified atom stereocenters. The third kappa shape index (κ3) is 4.32. The lowest BCUT2D eigenvalue weighted by Crippen LogP contribution is -2.41. The maximum atomic E-state index is 5.59. The summed E-state index contributed by atoms with van der Waals surface area (Å²) in [5, 5.41) is 3.68. The first kappa shape index (κ1) is 15.5. The van der Waals surface area contributed by atoms with Crippen molar-refractivity contribution in [3.63, 3.8) is 0 Å². The predicted octanol–water partition coefficient (Wildman–Crippen LogP) is 3.58. The topological polar surface area (TPSA) is 21.3 Å². The van der Waals surface area contributed by atoms with Crippen LogP contribution in [-0.2, 0) is 11.2 Å². The second-order valence-electron chi connectivity index (χ2n) is 6.74.